The third-order valence-corrected chi connectivity index (χ3v) is 3.00. The average Bonchev–Trinajstić information content (AvgIpc) is 2.34. The summed E-state index contributed by atoms with van der Waals surface area (Å²) in [6.07, 6.45) is 3.09. The van der Waals surface area contributed by atoms with Crippen LogP contribution in [0, 0.1) is 0 Å². The Bertz CT molecular complexity index is 604. The highest BCUT2D eigenvalue weighted by Crippen LogP contribution is 2.22. The summed E-state index contributed by atoms with van der Waals surface area (Å²) in [5, 5.41) is 3.17. The summed E-state index contributed by atoms with van der Waals surface area (Å²) in [6, 6.07) is 6.60. The summed E-state index contributed by atoms with van der Waals surface area (Å²) in [5.41, 5.74) is 7.12. The minimum absolute atomic E-state index is 0.259. The molecule has 2 rings (SSSR count). The first-order valence-electron chi connectivity index (χ1n) is 5.03. The van der Waals surface area contributed by atoms with Crippen molar-refractivity contribution in [2.45, 2.75) is 0 Å². The van der Waals surface area contributed by atoms with Crippen molar-refractivity contribution in [3.05, 3.63) is 51.7 Å². The molecule has 0 unspecified atom stereocenters. The van der Waals surface area contributed by atoms with Gasteiger partial charge in [-0.25, -0.2) is 0 Å². The van der Waals surface area contributed by atoms with Crippen molar-refractivity contribution in [2.75, 3.05) is 11.1 Å². The summed E-state index contributed by atoms with van der Waals surface area (Å²) in [5.74, 6) is -0.259. The second-order valence-corrected chi connectivity index (χ2v) is 4.91. The molecule has 0 aliphatic carbocycles. The van der Waals surface area contributed by atoms with Gasteiger partial charge in [0.1, 0.15) is 0 Å². The zero-order chi connectivity index (χ0) is 13.1. The minimum atomic E-state index is -0.259. The molecule has 0 bridgehead atoms. The van der Waals surface area contributed by atoms with Crippen LogP contribution >= 0.6 is 27.5 Å². The number of carbonyl (C=O) groups is 1. The number of hydrogen-bond donors (Lipinski definition) is 2. The molecule has 3 N–H and O–H groups in total. The molecule has 0 atom stereocenters. The van der Waals surface area contributed by atoms with Crippen LogP contribution in [0.15, 0.2) is 41.1 Å². The fourth-order valence-corrected chi connectivity index (χ4v) is 1.84. The van der Waals surface area contributed by atoms with Crippen LogP contribution in [0.4, 0.5) is 11.4 Å². The SMILES string of the molecule is Nc1cc(NC(=O)c2cncc(Br)c2)ccc1Cl. The van der Waals surface area contributed by atoms with E-state index >= 15 is 0 Å². The fourth-order valence-electron chi connectivity index (χ4n) is 1.36. The molecule has 1 aromatic carbocycles. The molecule has 2 aromatic rings. The molecule has 0 saturated carbocycles. The third-order valence-electron chi connectivity index (χ3n) is 2.22. The van der Waals surface area contributed by atoms with E-state index in [1.54, 1.807) is 30.5 Å². The first-order valence-corrected chi connectivity index (χ1v) is 6.20. The number of amides is 1. The number of halogens is 2. The van der Waals surface area contributed by atoms with Crippen molar-refractivity contribution in [2.24, 2.45) is 0 Å². The van der Waals surface area contributed by atoms with Gasteiger partial charge >= 0.3 is 0 Å². The van der Waals surface area contributed by atoms with Crippen LogP contribution in [-0.2, 0) is 0 Å². The molecule has 0 spiro atoms. The number of aromatic nitrogens is 1. The van der Waals surface area contributed by atoms with E-state index < -0.39 is 0 Å². The van der Waals surface area contributed by atoms with Gasteiger partial charge in [0.05, 0.1) is 16.3 Å². The summed E-state index contributed by atoms with van der Waals surface area (Å²) < 4.78 is 0.741. The monoisotopic (exact) mass is 325 g/mol. The topological polar surface area (TPSA) is 68.0 Å². The normalized spacial score (nSPS) is 10.1. The maximum Gasteiger partial charge on any atom is 0.257 e. The van der Waals surface area contributed by atoms with E-state index in [1.165, 1.54) is 6.20 Å². The number of rotatable bonds is 2. The number of hydrogen-bond acceptors (Lipinski definition) is 3. The van der Waals surface area contributed by atoms with Gasteiger partial charge in [0.25, 0.3) is 5.91 Å². The minimum Gasteiger partial charge on any atom is -0.397 e. The highest BCUT2D eigenvalue weighted by molar-refractivity contribution is 9.10. The van der Waals surface area contributed by atoms with Crippen molar-refractivity contribution in [1.82, 2.24) is 4.98 Å². The Morgan fingerprint density at radius 3 is 2.78 bits per heavy atom. The van der Waals surface area contributed by atoms with Crippen LogP contribution in [0.5, 0.6) is 0 Å². The van der Waals surface area contributed by atoms with Gasteiger partial charge in [-0.05, 0) is 40.2 Å². The first kappa shape index (κ1) is 12.9. The molecular weight excluding hydrogens is 318 g/mol. The molecule has 4 nitrogen and oxygen atoms in total. The molecule has 0 aliphatic rings. The van der Waals surface area contributed by atoms with Gasteiger partial charge in [-0.2, -0.15) is 0 Å². The van der Waals surface area contributed by atoms with E-state index in [0.29, 0.717) is 22.0 Å². The summed E-state index contributed by atoms with van der Waals surface area (Å²) in [4.78, 5) is 15.8. The number of nitrogen functional groups attached to an aromatic ring is 1. The Hall–Kier alpha value is -1.59. The Kier molecular flexibility index (Phi) is 3.84. The van der Waals surface area contributed by atoms with Crippen molar-refractivity contribution in [3.63, 3.8) is 0 Å². The lowest BCUT2D eigenvalue weighted by Crippen LogP contribution is -2.12. The molecule has 1 heterocycles. The predicted octanol–water partition coefficient (Wildman–Crippen LogP) is 3.33. The van der Waals surface area contributed by atoms with Crippen LogP contribution in [-0.4, -0.2) is 10.9 Å². The largest absolute Gasteiger partial charge is 0.397 e. The maximum absolute atomic E-state index is 11.9. The smallest absolute Gasteiger partial charge is 0.257 e. The molecule has 6 heteroatoms. The highest BCUT2D eigenvalue weighted by Gasteiger charge is 2.07. The standard InChI is InChI=1S/C12H9BrClN3O/c13-8-3-7(5-16-6-8)12(18)17-9-1-2-10(14)11(15)4-9/h1-6H,15H2,(H,17,18). The highest BCUT2D eigenvalue weighted by atomic mass is 79.9. The van der Waals surface area contributed by atoms with Gasteiger partial charge < -0.3 is 11.1 Å². The third kappa shape index (κ3) is 3.00. The molecule has 18 heavy (non-hydrogen) atoms. The lowest BCUT2D eigenvalue weighted by molar-refractivity contribution is 0.102. The molecule has 0 saturated heterocycles. The van der Waals surface area contributed by atoms with Crippen molar-refractivity contribution in [3.8, 4) is 0 Å². The molecule has 1 amide bonds. The Balaban J connectivity index is 2.18. The van der Waals surface area contributed by atoms with Gasteiger partial charge in [0, 0.05) is 22.6 Å². The molecule has 0 aliphatic heterocycles. The zero-order valence-corrected chi connectivity index (χ0v) is 11.5. The van der Waals surface area contributed by atoms with E-state index in [9.17, 15) is 4.79 Å². The quantitative estimate of drug-likeness (QED) is 0.832. The van der Waals surface area contributed by atoms with Gasteiger partial charge in [-0.3, -0.25) is 9.78 Å². The fraction of sp³-hybridized carbons (Fsp3) is 0. The lowest BCUT2D eigenvalue weighted by Gasteiger charge is -2.06. The molecular formula is C12H9BrClN3O. The van der Waals surface area contributed by atoms with E-state index in [2.05, 4.69) is 26.2 Å². The number of benzene rings is 1. The van der Waals surface area contributed by atoms with E-state index in [4.69, 9.17) is 17.3 Å². The summed E-state index contributed by atoms with van der Waals surface area (Å²) in [7, 11) is 0. The number of carbonyl (C=O) groups excluding carboxylic acids is 1. The number of nitrogens with one attached hydrogen (secondary N) is 1. The van der Waals surface area contributed by atoms with Crippen molar-refractivity contribution < 1.29 is 4.79 Å². The van der Waals surface area contributed by atoms with Crippen LogP contribution in [0.25, 0.3) is 0 Å². The number of nitrogens with zero attached hydrogens (tertiary/aromatic N) is 1. The van der Waals surface area contributed by atoms with Gasteiger partial charge in [0.2, 0.25) is 0 Å². The van der Waals surface area contributed by atoms with Gasteiger partial charge in [-0.15, -0.1) is 0 Å². The van der Waals surface area contributed by atoms with Crippen LogP contribution < -0.4 is 11.1 Å². The predicted molar refractivity (Wildman–Crippen MR) is 75.8 cm³/mol. The second-order valence-electron chi connectivity index (χ2n) is 3.58. The number of pyridine rings is 1. The van der Waals surface area contributed by atoms with Crippen LogP contribution in [0.1, 0.15) is 10.4 Å². The Labute approximate surface area is 117 Å². The maximum atomic E-state index is 11.9. The molecule has 0 fully saturated rings. The lowest BCUT2D eigenvalue weighted by atomic mass is 10.2. The second kappa shape index (κ2) is 5.37. The first-order chi connectivity index (χ1) is 8.56. The van der Waals surface area contributed by atoms with E-state index in [-0.39, 0.29) is 5.91 Å². The number of nitrogens with two attached hydrogens (primary N) is 1. The molecule has 1 aromatic heterocycles. The molecule has 92 valence electrons. The summed E-state index contributed by atoms with van der Waals surface area (Å²) in [6.45, 7) is 0. The molecule has 0 radical (unpaired) electrons. The summed E-state index contributed by atoms with van der Waals surface area (Å²) >= 11 is 9.06. The van der Waals surface area contributed by atoms with Gasteiger partial charge in [-0.1, -0.05) is 11.6 Å². The zero-order valence-electron chi connectivity index (χ0n) is 9.15. The van der Waals surface area contributed by atoms with Crippen LogP contribution in [0.2, 0.25) is 5.02 Å². The van der Waals surface area contributed by atoms with Crippen molar-refractivity contribution >= 4 is 44.8 Å². The van der Waals surface area contributed by atoms with E-state index in [0.717, 1.165) is 4.47 Å². The van der Waals surface area contributed by atoms with E-state index in [1.807, 2.05) is 0 Å². The van der Waals surface area contributed by atoms with Crippen LogP contribution in [0.3, 0.4) is 0 Å². The van der Waals surface area contributed by atoms with Crippen molar-refractivity contribution in [1.29, 1.82) is 0 Å². The Morgan fingerprint density at radius 2 is 2.11 bits per heavy atom. The number of anilines is 2. The Morgan fingerprint density at radius 1 is 1.33 bits per heavy atom. The van der Waals surface area contributed by atoms with Gasteiger partial charge in [0.15, 0.2) is 0 Å². The average molecular weight is 327 g/mol.